The monoisotopic (exact) mass is 424 g/mol. The number of carbonyl (C=O) groups excluding carboxylic acids is 2. The van der Waals surface area contributed by atoms with Crippen LogP contribution < -0.4 is 9.64 Å². The van der Waals surface area contributed by atoms with Crippen molar-refractivity contribution < 1.29 is 19.1 Å². The van der Waals surface area contributed by atoms with Gasteiger partial charge in [0.25, 0.3) is 0 Å². The second-order valence-corrected chi connectivity index (χ2v) is 8.58. The summed E-state index contributed by atoms with van der Waals surface area (Å²) in [6.45, 7) is 13.3. The number of anilines is 1. The number of hydrogen-bond donors (Lipinski definition) is 0. The summed E-state index contributed by atoms with van der Waals surface area (Å²) in [7, 11) is 0. The molecule has 6 heteroatoms. The highest BCUT2D eigenvalue weighted by molar-refractivity contribution is 5.94. The molecule has 1 saturated heterocycles. The molecule has 0 spiro atoms. The first-order chi connectivity index (χ1) is 14.6. The molecule has 1 heterocycles. The van der Waals surface area contributed by atoms with Crippen LogP contribution in [0, 0.1) is 20.8 Å². The standard InChI is InChI=1S/C25H32N2O4/c1-7-30-23(28)25(5,6)31-22-18(3)14-20(15-19(22)4)16-26-12-13-27(24(26)29)21-10-8-17(2)9-11-21/h8-11,14-15H,7,12-13,16H2,1-6H3. The summed E-state index contributed by atoms with van der Waals surface area (Å²) in [6, 6.07) is 12.1. The average Bonchev–Trinajstić information content (AvgIpc) is 3.06. The number of amides is 2. The van der Waals surface area contributed by atoms with Crippen LogP contribution >= 0.6 is 0 Å². The van der Waals surface area contributed by atoms with Crippen molar-refractivity contribution in [3.63, 3.8) is 0 Å². The van der Waals surface area contributed by atoms with Gasteiger partial charge in [-0.05, 0) is 70.4 Å². The predicted molar refractivity (Wildman–Crippen MR) is 122 cm³/mol. The smallest absolute Gasteiger partial charge is 0.349 e. The molecule has 2 aromatic rings. The van der Waals surface area contributed by atoms with Gasteiger partial charge in [0, 0.05) is 25.3 Å². The third kappa shape index (κ3) is 5.01. The molecule has 166 valence electrons. The van der Waals surface area contributed by atoms with Crippen molar-refractivity contribution in [1.29, 1.82) is 0 Å². The minimum Gasteiger partial charge on any atom is -0.476 e. The zero-order valence-electron chi connectivity index (χ0n) is 19.3. The fraction of sp³-hybridized carbons (Fsp3) is 0.440. The molecule has 2 aromatic carbocycles. The summed E-state index contributed by atoms with van der Waals surface area (Å²) >= 11 is 0. The van der Waals surface area contributed by atoms with E-state index in [9.17, 15) is 9.59 Å². The number of ether oxygens (including phenoxy) is 2. The molecular formula is C25H32N2O4. The van der Waals surface area contributed by atoms with Crippen LogP contribution in [-0.2, 0) is 16.1 Å². The van der Waals surface area contributed by atoms with Crippen molar-refractivity contribution in [2.24, 2.45) is 0 Å². The second-order valence-electron chi connectivity index (χ2n) is 8.58. The summed E-state index contributed by atoms with van der Waals surface area (Å²) in [4.78, 5) is 28.8. The molecule has 1 fully saturated rings. The Hall–Kier alpha value is -3.02. The molecular weight excluding hydrogens is 392 g/mol. The minimum atomic E-state index is -1.08. The number of esters is 1. The van der Waals surface area contributed by atoms with E-state index < -0.39 is 11.6 Å². The lowest BCUT2D eigenvalue weighted by Gasteiger charge is -2.27. The maximum absolute atomic E-state index is 12.9. The highest BCUT2D eigenvalue weighted by atomic mass is 16.6. The van der Waals surface area contributed by atoms with Crippen LogP contribution in [0.2, 0.25) is 0 Å². The summed E-state index contributed by atoms with van der Waals surface area (Å²) in [5.41, 5.74) is 3.91. The number of carbonyl (C=O) groups is 2. The van der Waals surface area contributed by atoms with E-state index in [-0.39, 0.29) is 6.03 Å². The highest BCUT2D eigenvalue weighted by Gasteiger charge is 2.33. The summed E-state index contributed by atoms with van der Waals surface area (Å²) < 4.78 is 11.2. The highest BCUT2D eigenvalue weighted by Crippen LogP contribution is 2.30. The molecule has 0 atom stereocenters. The van der Waals surface area contributed by atoms with Gasteiger partial charge in [0.05, 0.1) is 6.61 Å². The van der Waals surface area contributed by atoms with Gasteiger partial charge in [-0.25, -0.2) is 9.59 Å². The molecule has 6 nitrogen and oxygen atoms in total. The first kappa shape index (κ1) is 22.7. The van der Waals surface area contributed by atoms with Gasteiger partial charge in [-0.3, -0.25) is 4.90 Å². The number of hydrogen-bond acceptors (Lipinski definition) is 4. The molecule has 0 N–H and O–H groups in total. The lowest BCUT2D eigenvalue weighted by atomic mass is 10.0. The third-order valence-electron chi connectivity index (χ3n) is 5.46. The summed E-state index contributed by atoms with van der Waals surface area (Å²) in [5.74, 6) is 0.285. The maximum atomic E-state index is 12.9. The molecule has 0 saturated carbocycles. The Labute approximate surface area is 184 Å². The summed E-state index contributed by atoms with van der Waals surface area (Å²) in [6.07, 6.45) is 0. The molecule has 1 aliphatic heterocycles. The number of nitrogens with zero attached hydrogens (tertiary/aromatic N) is 2. The quantitative estimate of drug-likeness (QED) is 0.601. The van der Waals surface area contributed by atoms with Crippen molar-refractivity contribution in [3.8, 4) is 5.75 Å². The van der Waals surface area contributed by atoms with Gasteiger partial charge >= 0.3 is 12.0 Å². The van der Waals surface area contributed by atoms with Crippen molar-refractivity contribution >= 4 is 17.7 Å². The van der Waals surface area contributed by atoms with Gasteiger partial charge in [-0.15, -0.1) is 0 Å². The Kier molecular flexibility index (Phi) is 6.58. The summed E-state index contributed by atoms with van der Waals surface area (Å²) in [5, 5.41) is 0. The molecule has 3 rings (SSSR count). The zero-order chi connectivity index (χ0) is 22.8. The number of benzene rings is 2. The lowest BCUT2D eigenvalue weighted by Crippen LogP contribution is -2.40. The van der Waals surface area contributed by atoms with Crippen molar-refractivity contribution in [2.75, 3.05) is 24.6 Å². The second kappa shape index (κ2) is 9.00. The normalized spacial score (nSPS) is 14.2. The Morgan fingerprint density at radius 1 is 1.03 bits per heavy atom. The van der Waals surface area contributed by atoms with E-state index in [1.807, 2.05) is 67.0 Å². The fourth-order valence-corrected chi connectivity index (χ4v) is 3.81. The topological polar surface area (TPSA) is 59.1 Å². The van der Waals surface area contributed by atoms with E-state index in [4.69, 9.17) is 9.47 Å². The molecule has 31 heavy (non-hydrogen) atoms. The van der Waals surface area contributed by atoms with Crippen LogP contribution in [0.3, 0.4) is 0 Å². The Balaban J connectivity index is 1.73. The SMILES string of the molecule is CCOC(=O)C(C)(C)Oc1c(C)cc(CN2CCN(c3ccc(C)cc3)C2=O)cc1C. The Morgan fingerprint density at radius 2 is 1.65 bits per heavy atom. The first-order valence-electron chi connectivity index (χ1n) is 10.7. The van der Waals surface area contributed by atoms with Crippen LogP contribution in [0.1, 0.15) is 43.0 Å². The van der Waals surface area contributed by atoms with Gasteiger partial charge in [0.2, 0.25) is 0 Å². The zero-order valence-corrected chi connectivity index (χ0v) is 19.3. The molecule has 2 amide bonds. The van der Waals surface area contributed by atoms with Gasteiger partial charge < -0.3 is 14.4 Å². The maximum Gasteiger partial charge on any atom is 0.349 e. The van der Waals surface area contributed by atoms with Crippen molar-refractivity contribution in [2.45, 2.75) is 53.7 Å². The lowest BCUT2D eigenvalue weighted by molar-refractivity contribution is -0.158. The molecule has 0 unspecified atom stereocenters. The van der Waals surface area contributed by atoms with Gasteiger partial charge in [-0.2, -0.15) is 0 Å². The van der Waals surface area contributed by atoms with Crippen molar-refractivity contribution in [1.82, 2.24) is 4.90 Å². The minimum absolute atomic E-state index is 0.0166. The van der Waals surface area contributed by atoms with Crippen molar-refractivity contribution in [3.05, 3.63) is 58.7 Å². The first-order valence-corrected chi connectivity index (χ1v) is 10.7. The molecule has 0 aromatic heterocycles. The van der Waals surface area contributed by atoms with E-state index in [1.165, 1.54) is 5.56 Å². The van der Waals surface area contributed by atoms with E-state index >= 15 is 0 Å². The predicted octanol–water partition coefficient (Wildman–Crippen LogP) is 4.77. The Bertz CT molecular complexity index is 943. The third-order valence-corrected chi connectivity index (χ3v) is 5.46. The van der Waals surface area contributed by atoms with Gasteiger partial charge in [-0.1, -0.05) is 29.8 Å². The molecule has 0 radical (unpaired) electrons. The average molecular weight is 425 g/mol. The Morgan fingerprint density at radius 3 is 2.23 bits per heavy atom. The van der Waals surface area contributed by atoms with E-state index in [1.54, 1.807) is 20.8 Å². The van der Waals surface area contributed by atoms with E-state index in [0.717, 1.165) is 22.4 Å². The van der Waals surface area contributed by atoms with Gasteiger partial charge in [0.1, 0.15) is 5.75 Å². The molecule has 0 aliphatic carbocycles. The van der Waals surface area contributed by atoms with Crippen LogP contribution in [0.25, 0.3) is 0 Å². The molecule has 0 bridgehead atoms. The van der Waals surface area contributed by atoms with E-state index in [2.05, 4.69) is 0 Å². The van der Waals surface area contributed by atoms with Crippen LogP contribution in [-0.4, -0.2) is 42.2 Å². The molecule has 1 aliphatic rings. The van der Waals surface area contributed by atoms with Crippen LogP contribution in [0.5, 0.6) is 5.75 Å². The fourth-order valence-electron chi connectivity index (χ4n) is 3.81. The number of urea groups is 1. The van der Waals surface area contributed by atoms with Crippen LogP contribution in [0.15, 0.2) is 36.4 Å². The van der Waals surface area contributed by atoms with Gasteiger partial charge in [0.15, 0.2) is 5.60 Å². The largest absolute Gasteiger partial charge is 0.476 e. The van der Waals surface area contributed by atoms with E-state index in [0.29, 0.717) is 32.0 Å². The van der Waals surface area contributed by atoms with Crippen LogP contribution in [0.4, 0.5) is 10.5 Å². The number of aryl methyl sites for hydroxylation is 3. The number of rotatable bonds is 7.